The second-order valence-corrected chi connectivity index (χ2v) is 6.32. The average molecular weight is 356 g/mol. The predicted molar refractivity (Wildman–Crippen MR) is 96.1 cm³/mol. The zero-order chi connectivity index (χ0) is 18.7. The lowest BCUT2D eigenvalue weighted by atomic mass is 9.98. The maximum Gasteiger partial charge on any atom is 0.308 e. The van der Waals surface area contributed by atoms with E-state index in [1.807, 2.05) is 17.9 Å². The first-order valence-electron chi connectivity index (χ1n) is 8.58. The van der Waals surface area contributed by atoms with Crippen molar-refractivity contribution in [2.24, 2.45) is 5.92 Å². The number of rotatable bonds is 5. The van der Waals surface area contributed by atoms with Gasteiger partial charge in [0.15, 0.2) is 5.82 Å². The number of nitro benzene ring substituents is 1. The summed E-state index contributed by atoms with van der Waals surface area (Å²) < 4.78 is 0. The van der Waals surface area contributed by atoms with E-state index in [0.717, 1.165) is 18.7 Å². The number of aromatic nitrogens is 2. The molecule has 0 amide bonds. The molecule has 0 bridgehead atoms. The molecule has 1 N–H and O–H groups in total. The van der Waals surface area contributed by atoms with Crippen LogP contribution in [0.2, 0.25) is 0 Å². The SMILES string of the molecule is CCc1cc(N2CCCC(C(=O)O)C2)nc(-c2ccc([N+](=O)[O-])cc2)n1. The van der Waals surface area contributed by atoms with E-state index in [1.54, 1.807) is 12.1 Å². The highest BCUT2D eigenvalue weighted by molar-refractivity contribution is 5.71. The molecule has 8 heteroatoms. The molecule has 1 aromatic heterocycles. The maximum atomic E-state index is 11.3. The number of anilines is 1. The zero-order valence-electron chi connectivity index (χ0n) is 14.5. The van der Waals surface area contributed by atoms with Crippen molar-refractivity contribution in [3.63, 3.8) is 0 Å². The van der Waals surface area contributed by atoms with E-state index >= 15 is 0 Å². The van der Waals surface area contributed by atoms with Crippen molar-refractivity contribution in [1.29, 1.82) is 0 Å². The Labute approximate surface area is 150 Å². The Hall–Kier alpha value is -3.03. The molecule has 136 valence electrons. The van der Waals surface area contributed by atoms with Gasteiger partial charge in [-0.05, 0) is 31.4 Å². The van der Waals surface area contributed by atoms with Gasteiger partial charge in [-0.1, -0.05) is 6.92 Å². The summed E-state index contributed by atoms with van der Waals surface area (Å²) >= 11 is 0. The molecule has 3 rings (SSSR count). The third-order valence-electron chi connectivity index (χ3n) is 4.56. The lowest BCUT2D eigenvalue weighted by Crippen LogP contribution is -2.39. The van der Waals surface area contributed by atoms with Crippen molar-refractivity contribution in [1.82, 2.24) is 9.97 Å². The quantitative estimate of drug-likeness (QED) is 0.648. The molecule has 1 unspecified atom stereocenters. The monoisotopic (exact) mass is 356 g/mol. The van der Waals surface area contributed by atoms with Crippen LogP contribution < -0.4 is 4.90 Å². The Morgan fingerprint density at radius 3 is 2.69 bits per heavy atom. The summed E-state index contributed by atoms with van der Waals surface area (Å²) in [5.74, 6) is 0.0181. The Kier molecular flexibility index (Phi) is 5.11. The number of hydrogen-bond donors (Lipinski definition) is 1. The molecule has 8 nitrogen and oxygen atoms in total. The third-order valence-corrected chi connectivity index (χ3v) is 4.56. The smallest absolute Gasteiger partial charge is 0.308 e. The Bertz CT molecular complexity index is 822. The van der Waals surface area contributed by atoms with Crippen LogP contribution in [0.3, 0.4) is 0 Å². The van der Waals surface area contributed by atoms with Crippen LogP contribution in [0.1, 0.15) is 25.5 Å². The fourth-order valence-electron chi connectivity index (χ4n) is 3.07. The van der Waals surface area contributed by atoms with Gasteiger partial charge in [-0.2, -0.15) is 0 Å². The van der Waals surface area contributed by atoms with Gasteiger partial charge in [0.25, 0.3) is 5.69 Å². The minimum atomic E-state index is -0.782. The largest absolute Gasteiger partial charge is 0.481 e. The van der Waals surface area contributed by atoms with Crippen LogP contribution in [0.5, 0.6) is 0 Å². The summed E-state index contributed by atoms with van der Waals surface area (Å²) in [7, 11) is 0. The topological polar surface area (TPSA) is 109 Å². The van der Waals surface area contributed by atoms with Crippen molar-refractivity contribution in [3.05, 3.63) is 46.1 Å². The Balaban J connectivity index is 1.93. The number of aliphatic carboxylic acids is 1. The van der Waals surface area contributed by atoms with Gasteiger partial charge in [-0.3, -0.25) is 14.9 Å². The second kappa shape index (κ2) is 7.47. The van der Waals surface area contributed by atoms with Crippen LogP contribution in [0.4, 0.5) is 11.5 Å². The van der Waals surface area contributed by atoms with Gasteiger partial charge in [-0.15, -0.1) is 0 Å². The molecule has 1 aromatic carbocycles. The van der Waals surface area contributed by atoms with Crippen molar-refractivity contribution >= 4 is 17.5 Å². The molecule has 0 radical (unpaired) electrons. The number of nitro groups is 1. The number of carboxylic acid groups (broad SMARTS) is 1. The van der Waals surface area contributed by atoms with Crippen molar-refractivity contribution in [3.8, 4) is 11.4 Å². The molecule has 1 aliphatic heterocycles. The molecule has 2 aromatic rings. The average Bonchev–Trinajstić information content (AvgIpc) is 2.67. The molecule has 0 aliphatic carbocycles. The third kappa shape index (κ3) is 3.79. The van der Waals surface area contributed by atoms with Crippen LogP contribution in [0.25, 0.3) is 11.4 Å². The second-order valence-electron chi connectivity index (χ2n) is 6.32. The van der Waals surface area contributed by atoms with Crippen molar-refractivity contribution < 1.29 is 14.8 Å². The van der Waals surface area contributed by atoms with E-state index in [0.29, 0.717) is 36.6 Å². The van der Waals surface area contributed by atoms with Crippen LogP contribution in [0, 0.1) is 16.0 Å². The summed E-state index contributed by atoms with van der Waals surface area (Å²) in [6, 6.07) is 8.01. The van der Waals surface area contributed by atoms with Crippen LogP contribution in [-0.4, -0.2) is 39.1 Å². The molecule has 2 heterocycles. The first kappa shape index (κ1) is 17.8. The predicted octanol–water partition coefficient (Wildman–Crippen LogP) is 2.92. The summed E-state index contributed by atoms with van der Waals surface area (Å²) in [5, 5.41) is 20.1. The number of piperidine rings is 1. The molecule has 1 fully saturated rings. The Morgan fingerprint density at radius 1 is 1.35 bits per heavy atom. The molecule has 1 aliphatic rings. The summed E-state index contributed by atoms with van der Waals surface area (Å²) in [6.07, 6.45) is 2.19. The lowest BCUT2D eigenvalue weighted by molar-refractivity contribution is -0.384. The number of hydrogen-bond acceptors (Lipinski definition) is 6. The highest BCUT2D eigenvalue weighted by Gasteiger charge is 2.26. The number of carboxylic acids is 1. The summed E-state index contributed by atoms with van der Waals surface area (Å²) in [4.78, 5) is 32.8. The highest BCUT2D eigenvalue weighted by atomic mass is 16.6. The minimum Gasteiger partial charge on any atom is -0.481 e. The standard InChI is InChI=1S/C18H20N4O4/c1-2-14-10-16(21-9-3-4-13(11-21)18(23)24)20-17(19-14)12-5-7-15(8-6-12)22(25)26/h5-8,10,13H,2-4,9,11H2,1H3,(H,23,24). The first-order valence-corrected chi connectivity index (χ1v) is 8.58. The first-order chi connectivity index (χ1) is 12.5. The van der Waals surface area contributed by atoms with E-state index in [2.05, 4.69) is 9.97 Å². The fraction of sp³-hybridized carbons (Fsp3) is 0.389. The number of aryl methyl sites for hydroxylation is 1. The van der Waals surface area contributed by atoms with Gasteiger partial charge >= 0.3 is 5.97 Å². The molecule has 0 spiro atoms. The minimum absolute atomic E-state index is 0.0148. The van der Waals surface area contributed by atoms with Gasteiger partial charge in [-0.25, -0.2) is 9.97 Å². The summed E-state index contributed by atoms with van der Waals surface area (Å²) in [6.45, 7) is 3.17. The van der Waals surface area contributed by atoms with Gasteiger partial charge in [0.05, 0.1) is 10.8 Å². The van der Waals surface area contributed by atoms with E-state index in [4.69, 9.17) is 0 Å². The van der Waals surface area contributed by atoms with E-state index in [9.17, 15) is 20.0 Å². The van der Waals surface area contributed by atoms with Crippen LogP contribution >= 0.6 is 0 Å². The van der Waals surface area contributed by atoms with Gasteiger partial charge in [0.2, 0.25) is 0 Å². The molecule has 0 saturated carbocycles. The zero-order valence-corrected chi connectivity index (χ0v) is 14.5. The number of benzene rings is 1. The van der Waals surface area contributed by atoms with E-state index < -0.39 is 16.8 Å². The molecule has 26 heavy (non-hydrogen) atoms. The normalized spacial score (nSPS) is 17.1. The summed E-state index contributed by atoms with van der Waals surface area (Å²) in [5.41, 5.74) is 1.56. The van der Waals surface area contributed by atoms with Crippen molar-refractivity contribution in [2.75, 3.05) is 18.0 Å². The van der Waals surface area contributed by atoms with E-state index in [-0.39, 0.29) is 5.69 Å². The van der Waals surface area contributed by atoms with Gasteiger partial charge in [0.1, 0.15) is 5.82 Å². The highest BCUT2D eigenvalue weighted by Crippen LogP contribution is 2.26. The molecule has 1 saturated heterocycles. The molecular formula is C18H20N4O4. The number of carbonyl (C=O) groups is 1. The molecular weight excluding hydrogens is 336 g/mol. The van der Waals surface area contributed by atoms with Crippen molar-refractivity contribution in [2.45, 2.75) is 26.2 Å². The maximum absolute atomic E-state index is 11.3. The number of nitrogens with zero attached hydrogens (tertiary/aromatic N) is 4. The van der Waals surface area contributed by atoms with Gasteiger partial charge < -0.3 is 10.0 Å². The van der Waals surface area contributed by atoms with Crippen LogP contribution in [0.15, 0.2) is 30.3 Å². The van der Waals surface area contributed by atoms with Gasteiger partial charge in [0, 0.05) is 42.5 Å². The van der Waals surface area contributed by atoms with E-state index in [1.165, 1.54) is 12.1 Å². The number of non-ortho nitro benzene ring substituents is 1. The van der Waals surface area contributed by atoms with Crippen LogP contribution in [-0.2, 0) is 11.2 Å². The Morgan fingerprint density at radius 2 is 2.08 bits per heavy atom. The fourth-order valence-corrected chi connectivity index (χ4v) is 3.07. The molecule has 1 atom stereocenters. The lowest BCUT2D eigenvalue weighted by Gasteiger charge is -2.32.